The zero-order valence-corrected chi connectivity index (χ0v) is 20.1. The molecule has 2 aromatic heterocycles. The van der Waals surface area contributed by atoms with Crippen LogP contribution >= 0.6 is 0 Å². The third-order valence-electron chi connectivity index (χ3n) is 6.72. The van der Waals surface area contributed by atoms with Crippen LogP contribution in [0.5, 0.6) is 5.75 Å². The van der Waals surface area contributed by atoms with E-state index in [9.17, 15) is 32.3 Å². The van der Waals surface area contributed by atoms with Crippen molar-refractivity contribution in [2.24, 2.45) is 5.73 Å². The van der Waals surface area contributed by atoms with Crippen LogP contribution in [0.2, 0.25) is 0 Å². The topological polar surface area (TPSA) is 156 Å². The number of amides is 2. The number of H-pyrrole nitrogens is 1. The first-order valence-electron chi connectivity index (χ1n) is 11.5. The van der Waals surface area contributed by atoms with E-state index in [1.165, 1.54) is 37.3 Å². The van der Waals surface area contributed by atoms with E-state index in [-0.39, 0.29) is 34.7 Å². The summed E-state index contributed by atoms with van der Waals surface area (Å²) in [5, 5.41) is 23.1. The van der Waals surface area contributed by atoms with E-state index in [4.69, 9.17) is 10.5 Å². The minimum absolute atomic E-state index is 0.0236. The molecule has 14 heteroatoms. The molecule has 0 saturated heterocycles. The minimum Gasteiger partial charge on any atom is -0.489 e. The van der Waals surface area contributed by atoms with Crippen LogP contribution in [0.1, 0.15) is 28.5 Å². The summed E-state index contributed by atoms with van der Waals surface area (Å²) in [6.45, 7) is -0.231. The van der Waals surface area contributed by atoms with Crippen LogP contribution in [0.3, 0.4) is 0 Å². The fourth-order valence-electron chi connectivity index (χ4n) is 4.23. The summed E-state index contributed by atoms with van der Waals surface area (Å²) < 4.78 is 62.6. The predicted octanol–water partition coefficient (Wildman–Crippen LogP) is 2.47. The van der Waals surface area contributed by atoms with Gasteiger partial charge in [-0.3, -0.25) is 14.7 Å². The Morgan fingerprint density at radius 3 is 2.56 bits per heavy atom. The first-order valence-corrected chi connectivity index (χ1v) is 11.5. The Hall–Kier alpha value is -4.59. The van der Waals surface area contributed by atoms with Gasteiger partial charge in [-0.25, -0.2) is 9.37 Å². The van der Waals surface area contributed by atoms with Crippen LogP contribution in [0.15, 0.2) is 48.5 Å². The Bertz CT molecular complexity index is 1610. The van der Waals surface area contributed by atoms with Gasteiger partial charge in [0.25, 0.3) is 5.91 Å². The number of pyridine rings is 1. The molecule has 1 unspecified atom stereocenters. The number of hydrogen-bond donors (Lipinski definition) is 4. The fourth-order valence-corrected chi connectivity index (χ4v) is 4.23. The van der Waals surface area contributed by atoms with E-state index in [0.717, 1.165) is 18.2 Å². The normalized spacial score (nSPS) is 18.3. The molecule has 5 rings (SSSR count). The third kappa shape index (κ3) is 4.31. The van der Waals surface area contributed by atoms with Gasteiger partial charge in [0, 0.05) is 16.7 Å². The summed E-state index contributed by atoms with van der Waals surface area (Å²) in [4.78, 5) is 29.1. The molecule has 0 aliphatic carbocycles. The van der Waals surface area contributed by atoms with E-state index in [1.54, 1.807) is 0 Å². The lowest BCUT2D eigenvalue weighted by molar-refractivity contribution is -0.265. The van der Waals surface area contributed by atoms with Crippen LogP contribution in [-0.4, -0.2) is 56.6 Å². The van der Waals surface area contributed by atoms with Gasteiger partial charge in [0.15, 0.2) is 0 Å². The summed E-state index contributed by atoms with van der Waals surface area (Å²) in [5.41, 5.74) is 0.133. The summed E-state index contributed by atoms with van der Waals surface area (Å²) in [5.74, 6) is -2.43. The first kappa shape index (κ1) is 26.0. The van der Waals surface area contributed by atoms with E-state index in [1.807, 2.05) is 0 Å². The highest BCUT2D eigenvalue weighted by atomic mass is 19.4. The van der Waals surface area contributed by atoms with E-state index in [2.05, 4.69) is 25.7 Å². The summed E-state index contributed by atoms with van der Waals surface area (Å²) in [7, 11) is 0. The Morgan fingerprint density at radius 1 is 1.18 bits per heavy atom. The largest absolute Gasteiger partial charge is 0.489 e. The molecule has 0 radical (unpaired) electrons. The van der Waals surface area contributed by atoms with Crippen molar-refractivity contribution in [3.8, 4) is 17.0 Å². The van der Waals surface area contributed by atoms with Crippen LogP contribution in [-0.2, 0) is 15.8 Å². The molecule has 2 aromatic carbocycles. The van der Waals surface area contributed by atoms with Gasteiger partial charge < -0.3 is 20.9 Å². The van der Waals surface area contributed by atoms with Crippen molar-refractivity contribution in [3.63, 3.8) is 0 Å². The smallest absolute Gasteiger partial charge is 0.424 e. The predicted molar refractivity (Wildman–Crippen MR) is 128 cm³/mol. The van der Waals surface area contributed by atoms with Gasteiger partial charge in [0.1, 0.15) is 34.8 Å². The minimum atomic E-state index is -5.33. The van der Waals surface area contributed by atoms with Crippen molar-refractivity contribution >= 4 is 22.8 Å². The number of aliphatic hydroxyl groups is 1. The zero-order valence-electron chi connectivity index (χ0n) is 20.1. The number of hydrogen-bond acceptors (Lipinski definition) is 7. The molecule has 10 nitrogen and oxygen atoms in total. The Labute approximate surface area is 217 Å². The molecule has 39 heavy (non-hydrogen) atoms. The van der Waals surface area contributed by atoms with Crippen LogP contribution in [0.25, 0.3) is 22.3 Å². The summed E-state index contributed by atoms with van der Waals surface area (Å²) in [6, 6.07) is 9.69. The van der Waals surface area contributed by atoms with Crippen LogP contribution < -0.4 is 15.8 Å². The Kier molecular flexibility index (Phi) is 6.01. The van der Waals surface area contributed by atoms with E-state index in [0.29, 0.717) is 11.0 Å². The number of carbonyl (C=O) groups excluding carboxylic acids is 2. The first-order chi connectivity index (χ1) is 18.3. The molecule has 202 valence electrons. The highest BCUT2D eigenvalue weighted by Gasteiger charge is 2.57. The monoisotopic (exact) mass is 544 g/mol. The molecule has 3 heterocycles. The number of benzene rings is 2. The van der Waals surface area contributed by atoms with Crippen molar-refractivity contribution in [3.05, 3.63) is 71.2 Å². The molecule has 1 aliphatic rings. The summed E-state index contributed by atoms with van der Waals surface area (Å²) >= 11 is 0. The van der Waals surface area contributed by atoms with Gasteiger partial charge in [0.2, 0.25) is 11.5 Å². The van der Waals surface area contributed by atoms with Crippen molar-refractivity contribution in [2.45, 2.75) is 24.1 Å². The second kappa shape index (κ2) is 9.01. The van der Waals surface area contributed by atoms with Crippen molar-refractivity contribution in [1.82, 2.24) is 25.7 Å². The highest BCUT2D eigenvalue weighted by molar-refractivity contribution is 5.97. The second-order valence-corrected chi connectivity index (χ2v) is 9.31. The maximum atomic E-state index is 14.5. The maximum Gasteiger partial charge on any atom is 0.424 e. The molecule has 0 spiro atoms. The number of halogens is 4. The average Bonchev–Trinajstić information content (AvgIpc) is 3.51. The van der Waals surface area contributed by atoms with Gasteiger partial charge in [-0.05, 0) is 55.5 Å². The molecule has 4 aromatic rings. The zero-order chi connectivity index (χ0) is 28.2. The van der Waals surface area contributed by atoms with Gasteiger partial charge in [-0.2, -0.15) is 13.2 Å². The molecule has 5 N–H and O–H groups in total. The van der Waals surface area contributed by atoms with E-state index < -0.39 is 47.1 Å². The number of aromatic nitrogens is 4. The van der Waals surface area contributed by atoms with Crippen molar-refractivity contribution < 1.29 is 37.0 Å². The Balaban J connectivity index is 1.59. The molecule has 2 atom stereocenters. The number of fused-ring (bicyclic) bond motifs is 2. The lowest BCUT2D eigenvalue weighted by atomic mass is 9.81. The second-order valence-electron chi connectivity index (χ2n) is 9.31. The Morgan fingerprint density at radius 2 is 1.90 bits per heavy atom. The number of alkyl halides is 3. The van der Waals surface area contributed by atoms with Gasteiger partial charge in [-0.15, -0.1) is 5.10 Å². The standard InChI is InChI=1S/C25H20F4N6O4/c1-23(22(30)37)11-39-20-15(23)9-18(32-19(20)12-2-5-14(26)6-3-12)24(38,25(27,28)29)10-31-21(36)13-4-7-16-17(8-13)34-35-33-16/h2-9,38H,10-11H2,1H3,(H2,30,37)(H,31,36)(H,33,34,35)/t23-,24?/m0/s1. The quantitative estimate of drug-likeness (QED) is 0.272. The number of rotatable bonds is 6. The van der Waals surface area contributed by atoms with E-state index >= 15 is 0 Å². The van der Waals surface area contributed by atoms with Crippen LogP contribution in [0.4, 0.5) is 17.6 Å². The highest BCUT2D eigenvalue weighted by Crippen LogP contribution is 2.47. The maximum absolute atomic E-state index is 14.5. The van der Waals surface area contributed by atoms with Gasteiger partial charge in [0.05, 0.1) is 17.8 Å². The van der Waals surface area contributed by atoms with Crippen LogP contribution in [0, 0.1) is 5.82 Å². The number of nitrogens with two attached hydrogens (primary N) is 1. The molecule has 0 saturated carbocycles. The summed E-state index contributed by atoms with van der Waals surface area (Å²) in [6.07, 6.45) is -5.33. The van der Waals surface area contributed by atoms with Crippen molar-refractivity contribution in [2.75, 3.05) is 13.2 Å². The number of carbonyl (C=O) groups is 2. The lowest BCUT2D eigenvalue weighted by Crippen LogP contribution is -2.51. The van der Waals surface area contributed by atoms with Gasteiger partial charge >= 0.3 is 6.18 Å². The third-order valence-corrected chi connectivity index (χ3v) is 6.72. The number of ether oxygens (including phenoxy) is 1. The SMILES string of the molecule is C[C@]1(C(N)=O)COc2c1cc(C(O)(CNC(=O)c1ccc3[nH]nnc3c1)C(F)(F)F)nc2-c1ccc(F)cc1. The van der Waals surface area contributed by atoms with Crippen molar-refractivity contribution in [1.29, 1.82) is 0 Å². The molecule has 2 amide bonds. The molecule has 1 aliphatic heterocycles. The molecular formula is C25H20F4N6O4. The lowest BCUT2D eigenvalue weighted by Gasteiger charge is -2.31. The molecule has 0 fully saturated rings. The van der Waals surface area contributed by atoms with Gasteiger partial charge in [-0.1, -0.05) is 5.21 Å². The number of nitrogens with one attached hydrogen (secondary N) is 2. The average molecular weight is 544 g/mol. The number of primary amides is 1. The fraction of sp³-hybridized carbons (Fsp3) is 0.240. The molecular weight excluding hydrogens is 524 g/mol. The number of aromatic amines is 1. The molecule has 0 bridgehead atoms. The number of nitrogens with zero attached hydrogens (tertiary/aromatic N) is 3.